The topological polar surface area (TPSA) is 76.5 Å². The van der Waals surface area contributed by atoms with Gasteiger partial charge in [0.2, 0.25) is 0 Å². The van der Waals surface area contributed by atoms with Crippen LogP contribution in [0.15, 0.2) is 24.3 Å². The van der Waals surface area contributed by atoms with Crippen LogP contribution in [0.25, 0.3) is 10.9 Å². The minimum atomic E-state index is -5.87. The van der Waals surface area contributed by atoms with Gasteiger partial charge in [-0.15, -0.1) is 0 Å². The second-order valence-electron chi connectivity index (χ2n) is 5.30. The minimum Gasteiger partial charge on any atom is -0.339 e. The van der Waals surface area contributed by atoms with E-state index < -0.39 is 40.2 Å². The molecular weight excluding hydrogens is 349 g/mol. The third kappa shape index (κ3) is 2.13. The number of alkyl halides is 3. The third-order valence-electron chi connectivity index (χ3n) is 3.94. The van der Waals surface area contributed by atoms with Crippen molar-refractivity contribution in [2.24, 2.45) is 7.05 Å². The summed E-state index contributed by atoms with van der Waals surface area (Å²) in [6.45, 7) is -0.845. The molecule has 2 heterocycles. The number of carbonyl (C=O) groups is 2. The quantitative estimate of drug-likeness (QED) is 0.780. The van der Waals surface area contributed by atoms with Crippen LogP contribution >= 0.6 is 0 Å². The molecule has 0 aliphatic carbocycles. The zero-order valence-corrected chi connectivity index (χ0v) is 13.1. The highest BCUT2D eigenvalue weighted by Gasteiger charge is 2.53. The maximum absolute atomic E-state index is 12.8. The lowest BCUT2D eigenvalue weighted by Gasteiger charge is -2.21. The number of benzene rings is 1. The highest BCUT2D eigenvalue weighted by atomic mass is 32.2. The monoisotopic (exact) mass is 360 g/mol. The minimum absolute atomic E-state index is 0.0435. The molecule has 0 fully saturated rings. The number of amides is 1. The Morgan fingerprint density at radius 1 is 1.12 bits per heavy atom. The Labute approximate surface area is 134 Å². The van der Waals surface area contributed by atoms with Crippen LogP contribution in [0.3, 0.4) is 0 Å². The van der Waals surface area contributed by atoms with E-state index in [-0.39, 0.29) is 15.6 Å². The first-order valence-corrected chi connectivity index (χ1v) is 8.25. The van der Waals surface area contributed by atoms with Gasteiger partial charge in [0.05, 0.1) is 5.56 Å². The summed E-state index contributed by atoms with van der Waals surface area (Å²) in [5.74, 6) is -1.93. The molecule has 1 aliphatic rings. The van der Waals surface area contributed by atoms with Crippen molar-refractivity contribution in [2.75, 3.05) is 6.54 Å². The smallest absolute Gasteiger partial charge is 0.339 e. The van der Waals surface area contributed by atoms with Gasteiger partial charge in [-0.3, -0.25) is 9.59 Å². The molecule has 1 aliphatic heterocycles. The van der Waals surface area contributed by atoms with Crippen molar-refractivity contribution in [2.45, 2.75) is 11.9 Å². The van der Waals surface area contributed by atoms with Gasteiger partial charge < -0.3 is 4.57 Å². The molecule has 24 heavy (non-hydrogen) atoms. The number of halogens is 3. The second-order valence-corrected chi connectivity index (χ2v) is 7.15. The van der Waals surface area contributed by atoms with Crippen molar-refractivity contribution in [3.8, 4) is 0 Å². The first-order chi connectivity index (χ1) is 11.1. The largest absolute Gasteiger partial charge is 0.516 e. The number of nitrogens with zero attached hydrogens (tertiary/aromatic N) is 2. The fourth-order valence-electron chi connectivity index (χ4n) is 2.83. The van der Waals surface area contributed by atoms with Crippen molar-refractivity contribution in [1.29, 1.82) is 0 Å². The molecule has 10 heteroatoms. The van der Waals surface area contributed by atoms with Crippen molar-refractivity contribution < 1.29 is 31.2 Å². The molecule has 2 aromatic rings. The number of hydrogen-bond donors (Lipinski definition) is 0. The molecule has 1 amide bonds. The lowest BCUT2D eigenvalue weighted by molar-refractivity contribution is -0.0482. The van der Waals surface area contributed by atoms with Gasteiger partial charge in [0.25, 0.3) is 5.91 Å². The van der Waals surface area contributed by atoms with Gasteiger partial charge in [-0.2, -0.15) is 21.6 Å². The number of Topliss-reactive ketones (excluding diaryl/α,β-unsaturated/α-hetero) is 1. The predicted octanol–water partition coefficient (Wildman–Crippen LogP) is 2.06. The van der Waals surface area contributed by atoms with E-state index in [1.54, 1.807) is 24.3 Å². The van der Waals surface area contributed by atoms with Crippen LogP contribution in [-0.4, -0.2) is 41.0 Å². The number of para-hydroxylation sites is 1. The highest BCUT2D eigenvalue weighted by molar-refractivity contribution is 7.90. The van der Waals surface area contributed by atoms with Gasteiger partial charge in [0.15, 0.2) is 5.78 Å². The molecule has 0 saturated carbocycles. The van der Waals surface area contributed by atoms with Crippen molar-refractivity contribution in [3.63, 3.8) is 0 Å². The van der Waals surface area contributed by atoms with Gasteiger partial charge >= 0.3 is 15.5 Å². The number of aryl methyl sites for hydroxylation is 1. The van der Waals surface area contributed by atoms with Crippen molar-refractivity contribution in [1.82, 2.24) is 8.87 Å². The van der Waals surface area contributed by atoms with E-state index in [4.69, 9.17) is 0 Å². The fourth-order valence-corrected chi connectivity index (χ4v) is 3.71. The predicted molar refractivity (Wildman–Crippen MR) is 77.9 cm³/mol. The molecule has 0 atom stereocenters. The summed E-state index contributed by atoms with van der Waals surface area (Å²) in [5.41, 5.74) is -5.57. The van der Waals surface area contributed by atoms with Crippen molar-refractivity contribution in [3.05, 3.63) is 35.5 Å². The zero-order valence-electron chi connectivity index (χ0n) is 12.3. The van der Waals surface area contributed by atoms with E-state index in [0.717, 1.165) is 0 Å². The maximum atomic E-state index is 12.8. The summed E-state index contributed by atoms with van der Waals surface area (Å²) in [6, 6.07) is 6.41. The van der Waals surface area contributed by atoms with Gasteiger partial charge in [0, 0.05) is 30.9 Å². The Morgan fingerprint density at radius 2 is 1.75 bits per heavy atom. The summed E-state index contributed by atoms with van der Waals surface area (Å²) in [5, 5.41) is 0.402. The van der Waals surface area contributed by atoms with E-state index in [1.165, 1.54) is 11.6 Å². The lowest BCUT2D eigenvalue weighted by atomic mass is 10.1. The SMILES string of the molecule is Cn1c2c(c3ccccc31)C(=O)CCN(S(=O)(=O)C(F)(F)F)C2=O. The third-order valence-corrected chi connectivity index (χ3v) is 5.45. The van der Waals surface area contributed by atoms with Crippen LogP contribution < -0.4 is 0 Å². The molecule has 0 radical (unpaired) electrons. The molecule has 0 N–H and O–H groups in total. The number of aromatic nitrogens is 1. The number of carbonyl (C=O) groups excluding carboxylic acids is 2. The number of sulfonamides is 1. The maximum Gasteiger partial charge on any atom is 0.516 e. The summed E-state index contributed by atoms with van der Waals surface area (Å²) >= 11 is 0. The average Bonchev–Trinajstić information content (AvgIpc) is 2.71. The molecule has 1 aromatic heterocycles. The first kappa shape index (κ1) is 16.5. The van der Waals surface area contributed by atoms with Crippen LogP contribution in [0.1, 0.15) is 27.3 Å². The van der Waals surface area contributed by atoms with Crippen LogP contribution in [0, 0.1) is 0 Å². The Hall–Kier alpha value is -2.36. The molecule has 0 spiro atoms. The standard InChI is InChI=1S/C14H11F3N2O4S/c1-18-9-5-3-2-4-8(9)11-10(20)6-7-19(13(21)12(11)18)24(22,23)14(15,16)17/h2-5H,6-7H2,1H3. The average molecular weight is 360 g/mol. The number of hydrogen-bond acceptors (Lipinski definition) is 4. The molecule has 0 unspecified atom stereocenters. The highest BCUT2D eigenvalue weighted by Crippen LogP contribution is 2.34. The molecule has 0 bridgehead atoms. The fraction of sp³-hybridized carbons (Fsp3) is 0.286. The summed E-state index contributed by atoms with van der Waals surface area (Å²) in [4.78, 5) is 24.9. The van der Waals surface area contributed by atoms with E-state index in [2.05, 4.69) is 0 Å². The van der Waals surface area contributed by atoms with Crippen LogP contribution in [0.5, 0.6) is 0 Å². The summed E-state index contributed by atoms with van der Waals surface area (Å²) in [7, 11) is -4.48. The molecule has 3 rings (SSSR count). The molecule has 1 aromatic carbocycles. The van der Waals surface area contributed by atoms with Crippen LogP contribution in [0.2, 0.25) is 0 Å². The van der Waals surface area contributed by atoms with E-state index in [9.17, 15) is 31.2 Å². The Morgan fingerprint density at radius 3 is 2.38 bits per heavy atom. The van der Waals surface area contributed by atoms with Crippen LogP contribution in [-0.2, 0) is 17.1 Å². The van der Waals surface area contributed by atoms with Gasteiger partial charge in [0.1, 0.15) is 5.69 Å². The Kier molecular flexibility index (Phi) is 3.48. The number of ketones is 1. The molecule has 6 nitrogen and oxygen atoms in total. The molecular formula is C14H11F3N2O4S. The second kappa shape index (κ2) is 5.07. The normalized spacial score (nSPS) is 16.4. The van der Waals surface area contributed by atoms with E-state index in [1.807, 2.05) is 0 Å². The summed E-state index contributed by atoms with van der Waals surface area (Å²) in [6.07, 6.45) is -0.512. The number of rotatable bonds is 1. The van der Waals surface area contributed by atoms with Crippen molar-refractivity contribution >= 4 is 32.6 Å². The van der Waals surface area contributed by atoms with E-state index >= 15 is 0 Å². The van der Waals surface area contributed by atoms with Gasteiger partial charge in [-0.25, -0.2) is 4.31 Å². The Bertz CT molecular complexity index is 976. The van der Waals surface area contributed by atoms with Gasteiger partial charge in [-0.05, 0) is 6.07 Å². The zero-order chi connectivity index (χ0) is 17.9. The molecule has 128 valence electrons. The van der Waals surface area contributed by atoms with Crippen LogP contribution in [0.4, 0.5) is 13.2 Å². The molecule has 0 saturated heterocycles. The van der Waals surface area contributed by atoms with Gasteiger partial charge in [-0.1, -0.05) is 18.2 Å². The summed E-state index contributed by atoms with van der Waals surface area (Å²) < 4.78 is 62.8. The lowest BCUT2D eigenvalue weighted by Crippen LogP contribution is -2.44. The Balaban J connectivity index is 2.29. The number of fused-ring (bicyclic) bond motifs is 3. The first-order valence-electron chi connectivity index (χ1n) is 6.81. The van der Waals surface area contributed by atoms with E-state index in [0.29, 0.717) is 10.9 Å².